The van der Waals surface area contributed by atoms with Gasteiger partial charge in [-0.05, 0) is 43.9 Å². The van der Waals surface area contributed by atoms with Crippen LogP contribution in [0.25, 0.3) is 0 Å². The van der Waals surface area contributed by atoms with E-state index < -0.39 is 5.54 Å². The van der Waals surface area contributed by atoms with Crippen molar-refractivity contribution in [3.05, 3.63) is 0 Å². The van der Waals surface area contributed by atoms with Crippen LogP contribution in [-0.2, 0) is 9.53 Å². The Bertz CT molecular complexity index is 288. The monoisotopic (exact) mass is 254 g/mol. The second-order valence-corrected chi connectivity index (χ2v) is 6.07. The van der Waals surface area contributed by atoms with Crippen molar-refractivity contribution in [2.75, 3.05) is 20.3 Å². The zero-order valence-corrected chi connectivity index (χ0v) is 11.5. The molecule has 0 unspecified atom stereocenters. The summed E-state index contributed by atoms with van der Waals surface area (Å²) in [5.74, 6) is -0.188. The van der Waals surface area contributed by atoms with E-state index in [1.165, 1.54) is 25.7 Å². The first-order chi connectivity index (χ1) is 8.63. The molecule has 0 aromatic rings. The highest BCUT2D eigenvalue weighted by Gasteiger charge is 2.46. The Labute approximate surface area is 110 Å². The van der Waals surface area contributed by atoms with Crippen molar-refractivity contribution < 1.29 is 9.53 Å². The van der Waals surface area contributed by atoms with Gasteiger partial charge in [-0.3, -0.25) is 4.79 Å². The van der Waals surface area contributed by atoms with E-state index in [9.17, 15) is 4.79 Å². The fourth-order valence-electron chi connectivity index (χ4n) is 3.73. The Balaban J connectivity index is 1.94. The number of hydrogen-bond acceptors (Lipinski definition) is 3. The summed E-state index contributed by atoms with van der Waals surface area (Å²) in [6, 6.07) is 0. The standard InChI is InChI=1S/C14H26N2O2/c1-18-11-10-16-14(12(15)17)8-6-13(7-9-14)4-2-3-5-13/h16H,2-11H2,1H3,(H2,15,17). The van der Waals surface area contributed by atoms with Crippen molar-refractivity contribution in [3.8, 4) is 0 Å². The molecular weight excluding hydrogens is 228 g/mol. The molecule has 4 heteroatoms. The van der Waals surface area contributed by atoms with Crippen molar-refractivity contribution in [2.45, 2.75) is 56.9 Å². The third kappa shape index (κ3) is 2.69. The number of methoxy groups -OCH3 is 1. The number of nitrogens with one attached hydrogen (secondary N) is 1. The molecule has 0 aromatic heterocycles. The van der Waals surface area contributed by atoms with Crippen molar-refractivity contribution >= 4 is 5.91 Å². The fourth-order valence-corrected chi connectivity index (χ4v) is 3.73. The van der Waals surface area contributed by atoms with Crippen LogP contribution in [0.5, 0.6) is 0 Å². The molecule has 0 heterocycles. The van der Waals surface area contributed by atoms with Gasteiger partial charge in [-0.1, -0.05) is 12.8 Å². The second kappa shape index (κ2) is 5.57. The highest BCUT2D eigenvalue weighted by atomic mass is 16.5. The number of nitrogens with two attached hydrogens (primary N) is 1. The highest BCUT2D eigenvalue weighted by Crippen LogP contribution is 2.51. The molecule has 0 radical (unpaired) electrons. The van der Waals surface area contributed by atoms with E-state index in [1.807, 2.05) is 0 Å². The third-order valence-corrected chi connectivity index (χ3v) is 5.07. The summed E-state index contributed by atoms with van der Waals surface area (Å²) in [7, 11) is 1.67. The molecule has 0 bridgehead atoms. The first-order valence-corrected chi connectivity index (χ1v) is 7.16. The Morgan fingerprint density at radius 1 is 1.17 bits per heavy atom. The molecule has 104 valence electrons. The Morgan fingerprint density at radius 3 is 2.28 bits per heavy atom. The first-order valence-electron chi connectivity index (χ1n) is 7.16. The van der Waals surface area contributed by atoms with Gasteiger partial charge in [0.05, 0.1) is 12.1 Å². The van der Waals surface area contributed by atoms with Crippen LogP contribution in [0.2, 0.25) is 0 Å². The molecule has 0 atom stereocenters. The van der Waals surface area contributed by atoms with Crippen molar-refractivity contribution in [3.63, 3.8) is 0 Å². The molecule has 4 nitrogen and oxygen atoms in total. The summed E-state index contributed by atoms with van der Waals surface area (Å²) in [6.45, 7) is 1.33. The molecule has 0 saturated heterocycles. The molecule has 0 aliphatic heterocycles. The summed E-state index contributed by atoms with van der Waals surface area (Å²) < 4.78 is 5.04. The summed E-state index contributed by atoms with van der Waals surface area (Å²) in [5.41, 5.74) is 5.68. The predicted octanol–water partition coefficient (Wildman–Crippen LogP) is 1.58. The lowest BCUT2D eigenvalue weighted by molar-refractivity contribution is -0.127. The molecule has 1 amide bonds. The molecule has 2 rings (SSSR count). The average Bonchev–Trinajstić information content (AvgIpc) is 2.81. The molecule has 3 N–H and O–H groups in total. The molecule has 2 aliphatic carbocycles. The molecule has 2 fully saturated rings. The maximum atomic E-state index is 11.8. The topological polar surface area (TPSA) is 64.3 Å². The molecular formula is C14H26N2O2. The second-order valence-electron chi connectivity index (χ2n) is 6.07. The van der Waals surface area contributed by atoms with Crippen LogP contribution < -0.4 is 11.1 Å². The van der Waals surface area contributed by atoms with Gasteiger partial charge in [0.25, 0.3) is 0 Å². The minimum atomic E-state index is -0.480. The van der Waals surface area contributed by atoms with Crippen LogP contribution in [-0.4, -0.2) is 31.7 Å². The van der Waals surface area contributed by atoms with E-state index in [0.29, 0.717) is 18.6 Å². The number of amides is 1. The van der Waals surface area contributed by atoms with E-state index >= 15 is 0 Å². The van der Waals surface area contributed by atoms with Gasteiger partial charge in [0.2, 0.25) is 5.91 Å². The molecule has 2 saturated carbocycles. The molecule has 18 heavy (non-hydrogen) atoms. The van der Waals surface area contributed by atoms with Crippen LogP contribution in [0, 0.1) is 5.41 Å². The van der Waals surface area contributed by atoms with E-state index in [1.54, 1.807) is 7.11 Å². The lowest BCUT2D eigenvalue weighted by atomic mass is 9.66. The van der Waals surface area contributed by atoms with Crippen LogP contribution in [0.15, 0.2) is 0 Å². The number of carbonyl (C=O) groups is 1. The number of carbonyl (C=O) groups excluding carboxylic acids is 1. The Morgan fingerprint density at radius 2 is 1.78 bits per heavy atom. The summed E-state index contributed by atoms with van der Waals surface area (Å²) in [6.07, 6.45) is 9.51. The van der Waals surface area contributed by atoms with Gasteiger partial charge in [-0.2, -0.15) is 0 Å². The quantitative estimate of drug-likeness (QED) is 0.732. The van der Waals surface area contributed by atoms with Crippen molar-refractivity contribution in [2.24, 2.45) is 11.1 Å². The van der Waals surface area contributed by atoms with Gasteiger partial charge in [0.15, 0.2) is 0 Å². The average molecular weight is 254 g/mol. The maximum Gasteiger partial charge on any atom is 0.237 e. The SMILES string of the molecule is COCCNC1(C(N)=O)CCC2(CCCC2)CC1. The zero-order valence-electron chi connectivity index (χ0n) is 11.5. The fraction of sp³-hybridized carbons (Fsp3) is 0.929. The van der Waals surface area contributed by atoms with Gasteiger partial charge in [0, 0.05) is 13.7 Å². The summed E-state index contributed by atoms with van der Waals surface area (Å²) in [5, 5.41) is 3.34. The van der Waals surface area contributed by atoms with Crippen LogP contribution in [0.4, 0.5) is 0 Å². The van der Waals surface area contributed by atoms with Crippen molar-refractivity contribution in [1.29, 1.82) is 0 Å². The number of hydrogen-bond donors (Lipinski definition) is 2. The predicted molar refractivity (Wildman–Crippen MR) is 71.2 cm³/mol. The normalized spacial score (nSPS) is 25.4. The van der Waals surface area contributed by atoms with Crippen molar-refractivity contribution in [1.82, 2.24) is 5.32 Å². The number of ether oxygens (including phenoxy) is 1. The van der Waals surface area contributed by atoms with Crippen LogP contribution >= 0.6 is 0 Å². The third-order valence-electron chi connectivity index (χ3n) is 5.07. The smallest absolute Gasteiger partial charge is 0.237 e. The molecule has 2 aliphatic rings. The minimum Gasteiger partial charge on any atom is -0.383 e. The Hall–Kier alpha value is -0.610. The van der Waals surface area contributed by atoms with Gasteiger partial charge in [-0.15, -0.1) is 0 Å². The zero-order chi connectivity index (χ0) is 13.1. The minimum absolute atomic E-state index is 0.188. The summed E-state index contributed by atoms with van der Waals surface area (Å²) in [4.78, 5) is 11.8. The first kappa shape index (κ1) is 13.8. The van der Waals surface area contributed by atoms with E-state index in [0.717, 1.165) is 25.7 Å². The lowest BCUT2D eigenvalue weighted by Crippen LogP contribution is -2.58. The number of rotatable bonds is 5. The maximum absolute atomic E-state index is 11.8. The Kier molecular flexibility index (Phi) is 4.28. The van der Waals surface area contributed by atoms with Gasteiger partial charge < -0.3 is 15.8 Å². The largest absolute Gasteiger partial charge is 0.383 e. The highest BCUT2D eigenvalue weighted by molar-refractivity contribution is 5.84. The summed E-state index contributed by atoms with van der Waals surface area (Å²) >= 11 is 0. The van der Waals surface area contributed by atoms with Gasteiger partial charge in [0.1, 0.15) is 0 Å². The van der Waals surface area contributed by atoms with E-state index in [-0.39, 0.29) is 5.91 Å². The van der Waals surface area contributed by atoms with Gasteiger partial charge in [-0.25, -0.2) is 0 Å². The van der Waals surface area contributed by atoms with E-state index in [4.69, 9.17) is 10.5 Å². The van der Waals surface area contributed by atoms with Gasteiger partial charge >= 0.3 is 0 Å². The molecule has 0 aromatic carbocycles. The number of primary amides is 1. The van der Waals surface area contributed by atoms with E-state index in [2.05, 4.69) is 5.32 Å². The van der Waals surface area contributed by atoms with Crippen LogP contribution in [0.3, 0.4) is 0 Å². The van der Waals surface area contributed by atoms with Crippen LogP contribution in [0.1, 0.15) is 51.4 Å². The lowest BCUT2D eigenvalue weighted by Gasteiger charge is -2.43. The molecule has 1 spiro atoms.